The molecule has 0 unspecified atom stereocenters. The molecule has 1 aromatic heterocycles. The minimum atomic E-state index is -0.376. The lowest BCUT2D eigenvalue weighted by Crippen LogP contribution is -2.20. The number of ether oxygens (including phenoxy) is 1. The third-order valence-electron chi connectivity index (χ3n) is 3.07. The van der Waals surface area contributed by atoms with Gasteiger partial charge in [-0.15, -0.1) is 11.3 Å². The lowest BCUT2D eigenvalue weighted by atomic mass is 10.2. The van der Waals surface area contributed by atoms with Crippen LogP contribution in [0, 0.1) is 11.6 Å². The van der Waals surface area contributed by atoms with Crippen LogP contribution in [0.3, 0.4) is 0 Å². The second-order valence-electron chi connectivity index (χ2n) is 4.84. The monoisotopic (exact) mass is 346 g/mol. The smallest absolute Gasteiger partial charge is 0.264 e. The molecule has 2 aromatic carbocycles. The normalized spacial score (nSPS) is 10.4. The molecule has 0 bridgehead atoms. The highest BCUT2D eigenvalue weighted by Gasteiger charge is 2.09. The van der Waals surface area contributed by atoms with Crippen molar-refractivity contribution in [2.75, 3.05) is 11.9 Å². The number of nitrogens with zero attached hydrogens (tertiary/aromatic N) is 1. The first-order valence-electron chi connectivity index (χ1n) is 7.00. The number of rotatable bonds is 5. The molecular weight excluding hydrogens is 334 g/mol. The molecule has 0 fully saturated rings. The Labute approximate surface area is 140 Å². The van der Waals surface area contributed by atoms with Crippen LogP contribution in [0.2, 0.25) is 0 Å². The SMILES string of the molecule is O=C(COc1ccc(F)cc1)Nc1nc(-c2ccc(F)cc2)cs1. The molecule has 1 heterocycles. The van der Waals surface area contributed by atoms with Crippen molar-refractivity contribution in [2.45, 2.75) is 0 Å². The third-order valence-corrected chi connectivity index (χ3v) is 3.83. The van der Waals surface area contributed by atoms with E-state index in [1.165, 1.54) is 47.7 Å². The van der Waals surface area contributed by atoms with Crippen LogP contribution in [0.1, 0.15) is 0 Å². The van der Waals surface area contributed by atoms with E-state index in [1.54, 1.807) is 17.5 Å². The minimum absolute atomic E-state index is 0.211. The van der Waals surface area contributed by atoms with Gasteiger partial charge in [-0.1, -0.05) is 0 Å². The van der Waals surface area contributed by atoms with Gasteiger partial charge in [0, 0.05) is 10.9 Å². The molecule has 1 N–H and O–H groups in total. The van der Waals surface area contributed by atoms with E-state index in [2.05, 4.69) is 10.3 Å². The number of benzene rings is 2. The Bertz CT molecular complexity index is 833. The van der Waals surface area contributed by atoms with Gasteiger partial charge in [-0.25, -0.2) is 13.8 Å². The average molecular weight is 346 g/mol. The topological polar surface area (TPSA) is 51.2 Å². The molecule has 7 heteroatoms. The number of anilines is 1. The molecule has 0 aliphatic heterocycles. The van der Waals surface area contributed by atoms with Crippen molar-refractivity contribution in [1.82, 2.24) is 4.98 Å². The van der Waals surface area contributed by atoms with Crippen LogP contribution < -0.4 is 10.1 Å². The number of halogens is 2. The van der Waals surface area contributed by atoms with Crippen molar-refractivity contribution in [3.05, 3.63) is 65.5 Å². The molecule has 24 heavy (non-hydrogen) atoms. The molecule has 3 rings (SSSR count). The van der Waals surface area contributed by atoms with E-state index >= 15 is 0 Å². The van der Waals surface area contributed by atoms with Gasteiger partial charge in [-0.05, 0) is 48.5 Å². The third kappa shape index (κ3) is 4.14. The number of hydrogen-bond donors (Lipinski definition) is 1. The summed E-state index contributed by atoms with van der Waals surface area (Å²) in [4.78, 5) is 16.1. The summed E-state index contributed by atoms with van der Waals surface area (Å²) in [6, 6.07) is 11.3. The second-order valence-corrected chi connectivity index (χ2v) is 5.69. The molecular formula is C17H12F2N2O2S. The van der Waals surface area contributed by atoms with Gasteiger partial charge >= 0.3 is 0 Å². The summed E-state index contributed by atoms with van der Waals surface area (Å²) >= 11 is 1.26. The Kier molecular flexibility index (Phi) is 4.81. The molecule has 3 aromatic rings. The van der Waals surface area contributed by atoms with Crippen molar-refractivity contribution in [2.24, 2.45) is 0 Å². The van der Waals surface area contributed by atoms with Crippen LogP contribution >= 0.6 is 11.3 Å². The van der Waals surface area contributed by atoms with Gasteiger partial charge in [0.15, 0.2) is 11.7 Å². The molecule has 4 nitrogen and oxygen atoms in total. The van der Waals surface area contributed by atoms with Gasteiger partial charge < -0.3 is 4.74 Å². The Morgan fingerprint density at radius 2 is 1.67 bits per heavy atom. The fourth-order valence-corrected chi connectivity index (χ4v) is 2.66. The summed E-state index contributed by atoms with van der Waals surface area (Å²) in [5.74, 6) is -0.666. The van der Waals surface area contributed by atoms with Gasteiger partial charge in [0.2, 0.25) is 0 Å². The average Bonchev–Trinajstić information content (AvgIpc) is 3.03. The van der Waals surface area contributed by atoms with Crippen molar-refractivity contribution < 1.29 is 18.3 Å². The molecule has 0 atom stereocenters. The van der Waals surface area contributed by atoms with Crippen LogP contribution in [-0.2, 0) is 4.79 Å². The molecule has 0 radical (unpaired) electrons. The molecule has 0 spiro atoms. The maximum atomic E-state index is 12.9. The lowest BCUT2D eigenvalue weighted by molar-refractivity contribution is -0.118. The molecule has 122 valence electrons. The van der Waals surface area contributed by atoms with Crippen molar-refractivity contribution >= 4 is 22.4 Å². The van der Waals surface area contributed by atoms with Gasteiger partial charge in [0.1, 0.15) is 17.4 Å². The molecule has 0 aliphatic carbocycles. The fraction of sp³-hybridized carbons (Fsp3) is 0.0588. The summed E-state index contributed by atoms with van der Waals surface area (Å²) in [6.07, 6.45) is 0. The Morgan fingerprint density at radius 1 is 1.04 bits per heavy atom. The lowest BCUT2D eigenvalue weighted by Gasteiger charge is -2.05. The fourth-order valence-electron chi connectivity index (χ4n) is 1.92. The molecule has 1 amide bonds. The maximum Gasteiger partial charge on any atom is 0.264 e. The summed E-state index contributed by atoms with van der Waals surface area (Å²) in [6.45, 7) is -0.211. The van der Waals surface area contributed by atoms with E-state index in [0.717, 1.165) is 5.56 Å². The van der Waals surface area contributed by atoms with Gasteiger partial charge in [0.25, 0.3) is 5.91 Å². The van der Waals surface area contributed by atoms with E-state index in [4.69, 9.17) is 4.74 Å². The van der Waals surface area contributed by atoms with Gasteiger partial charge in [0.05, 0.1) is 5.69 Å². The van der Waals surface area contributed by atoms with Crippen LogP contribution in [0.25, 0.3) is 11.3 Å². The highest BCUT2D eigenvalue weighted by Crippen LogP contribution is 2.25. The number of hydrogen-bond acceptors (Lipinski definition) is 4. The second kappa shape index (κ2) is 7.18. The highest BCUT2D eigenvalue weighted by molar-refractivity contribution is 7.14. The largest absolute Gasteiger partial charge is 0.484 e. The predicted octanol–water partition coefficient (Wildman–Crippen LogP) is 4.11. The molecule has 0 aliphatic rings. The van der Waals surface area contributed by atoms with Crippen molar-refractivity contribution in [1.29, 1.82) is 0 Å². The number of aromatic nitrogens is 1. The van der Waals surface area contributed by atoms with Crippen molar-refractivity contribution in [3.8, 4) is 17.0 Å². The number of amides is 1. The van der Waals surface area contributed by atoms with E-state index in [9.17, 15) is 13.6 Å². The summed E-state index contributed by atoms with van der Waals surface area (Å²) in [5, 5.41) is 4.81. The highest BCUT2D eigenvalue weighted by atomic mass is 32.1. The van der Waals surface area contributed by atoms with E-state index in [0.29, 0.717) is 16.6 Å². The van der Waals surface area contributed by atoms with Gasteiger partial charge in [-0.2, -0.15) is 0 Å². The standard InChI is InChI=1S/C17H12F2N2O2S/c18-12-3-1-11(2-4-12)15-10-24-17(20-15)21-16(22)9-23-14-7-5-13(19)6-8-14/h1-8,10H,9H2,(H,20,21,22). The quantitative estimate of drug-likeness (QED) is 0.756. The van der Waals surface area contributed by atoms with Crippen LogP contribution in [0.15, 0.2) is 53.9 Å². The Hall–Kier alpha value is -2.80. The molecule has 0 saturated heterocycles. The first-order chi connectivity index (χ1) is 11.6. The summed E-state index contributed by atoms with van der Waals surface area (Å²) in [5.41, 5.74) is 1.41. The maximum absolute atomic E-state index is 12.9. The van der Waals surface area contributed by atoms with Crippen LogP contribution in [0.5, 0.6) is 5.75 Å². The number of thiazole rings is 1. The van der Waals surface area contributed by atoms with E-state index in [1.807, 2.05) is 0 Å². The molecule has 0 saturated carbocycles. The number of carbonyl (C=O) groups is 1. The van der Waals surface area contributed by atoms with Crippen LogP contribution in [-0.4, -0.2) is 17.5 Å². The van der Waals surface area contributed by atoms with E-state index < -0.39 is 0 Å². The first kappa shape index (κ1) is 16.1. The van der Waals surface area contributed by atoms with Gasteiger partial charge in [-0.3, -0.25) is 10.1 Å². The van der Waals surface area contributed by atoms with E-state index in [-0.39, 0.29) is 24.1 Å². The van der Waals surface area contributed by atoms with Crippen LogP contribution in [0.4, 0.5) is 13.9 Å². The summed E-state index contributed by atoms with van der Waals surface area (Å²) in [7, 11) is 0. The van der Waals surface area contributed by atoms with Crippen molar-refractivity contribution in [3.63, 3.8) is 0 Å². The minimum Gasteiger partial charge on any atom is -0.484 e. The zero-order valence-electron chi connectivity index (χ0n) is 12.3. The Morgan fingerprint density at radius 3 is 2.33 bits per heavy atom. The Balaban J connectivity index is 1.57. The predicted molar refractivity (Wildman–Crippen MR) is 88.0 cm³/mol. The number of nitrogens with one attached hydrogen (secondary N) is 1. The number of carbonyl (C=O) groups excluding carboxylic acids is 1. The zero-order chi connectivity index (χ0) is 16.9. The zero-order valence-corrected chi connectivity index (χ0v) is 13.1. The first-order valence-corrected chi connectivity index (χ1v) is 7.88. The summed E-state index contributed by atoms with van der Waals surface area (Å²) < 4.78 is 30.9.